The van der Waals surface area contributed by atoms with Gasteiger partial charge >= 0.3 is 0 Å². The van der Waals surface area contributed by atoms with E-state index in [9.17, 15) is 23.3 Å². The number of rotatable bonds is 8. The molecule has 0 heterocycles. The van der Waals surface area contributed by atoms with Crippen molar-refractivity contribution >= 4 is 27.1 Å². The first-order chi connectivity index (χ1) is 12.2. The largest absolute Gasteiger partial charge is 0.378 e. The van der Waals surface area contributed by atoms with Crippen LogP contribution < -0.4 is 16.4 Å². The van der Waals surface area contributed by atoms with Crippen LogP contribution in [0.1, 0.15) is 25.7 Å². The number of anilines is 1. The predicted octanol–water partition coefficient (Wildman–Crippen LogP) is 1.04. The third kappa shape index (κ3) is 5.40. The Balaban J connectivity index is 1.87. The number of hydrogen-bond acceptors (Lipinski definition) is 7. The van der Waals surface area contributed by atoms with E-state index in [1.54, 1.807) is 0 Å². The highest BCUT2D eigenvalue weighted by atomic mass is 32.2. The SMILES string of the molecule is CS(=O)(=O)c1ccc(NCCNC(=O)C[C@@H]2CCC[C@H]2N)c([N+](=O)[O-])c1. The molecule has 144 valence electrons. The van der Waals surface area contributed by atoms with E-state index in [2.05, 4.69) is 10.6 Å². The zero-order valence-electron chi connectivity index (χ0n) is 14.6. The first-order valence-electron chi connectivity index (χ1n) is 8.43. The van der Waals surface area contributed by atoms with E-state index < -0.39 is 14.8 Å². The molecule has 0 saturated heterocycles. The maximum absolute atomic E-state index is 11.9. The molecule has 2 rings (SSSR count). The molecule has 10 heteroatoms. The summed E-state index contributed by atoms with van der Waals surface area (Å²) in [4.78, 5) is 22.3. The van der Waals surface area contributed by atoms with Crippen molar-refractivity contribution in [2.75, 3.05) is 24.7 Å². The molecule has 1 amide bonds. The van der Waals surface area contributed by atoms with E-state index in [0.717, 1.165) is 31.6 Å². The van der Waals surface area contributed by atoms with Crippen molar-refractivity contribution in [1.82, 2.24) is 5.32 Å². The lowest BCUT2D eigenvalue weighted by Gasteiger charge is -2.15. The summed E-state index contributed by atoms with van der Waals surface area (Å²) in [6.07, 6.45) is 4.35. The van der Waals surface area contributed by atoms with Crippen LogP contribution in [0, 0.1) is 16.0 Å². The molecule has 1 aromatic rings. The van der Waals surface area contributed by atoms with Crippen LogP contribution in [0.2, 0.25) is 0 Å². The molecule has 26 heavy (non-hydrogen) atoms. The molecule has 1 aromatic carbocycles. The molecular formula is C16H24N4O5S. The Hall–Kier alpha value is -2.20. The zero-order valence-corrected chi connectivity index (χ0v) is 15.4. The summed E-state index contributed by atoms with van der Waals surface area (Å²) in [6, 6.07) is 3.77. The minimum absolute atomic E-state index is 0.0786. The molecule has 0 aliphatic heterocycles. The number of nitrogens with one attached hydrogen (secondary N) is 2. The molecule has 0 bridgehead atoms. The Morgan fingerprint density at radius 3 is 2.65 bits per heavy atom. The van der Waals surface area contributed by atoms with Gasteiger partial charge in [0.05, 0.1) is 9.82 Å². The second-order valence-corrected chi connectivity index (χ2v) is 8.56. The smallest absolute Gasteiger partial charge is 0.293 e. The number of sulfone groups is 1. The van der Waals surface area contributed by atoms with Gasteiger partial charge in [-0.1, -0.05) is 6.42 Å². The third-order valence-electron chi connectivity index (χ3n) is 4.52. The summed E-state index contributed by atoms with van der Waals surface area (Å²) in [6.45, 7) is 0.577. The van der Waals surface area contributed by atoms with Crippen LogP contribution in [0.4, 0.5) is 11.4 Å². The highest BCUT2D eigenvalue weighted by molar-refractivity contribution is 7.90. The van der Waals surface area contributed by atoms with E-state index in [4.69, 9.17) is 5.73 Å². The van der Waals surface area contributed by atoms with Gasteiger partial charge in [-0.25, -0.2) is 8.42 Å². The first-order valence-corrected chi connectivity index (χ1v) is 10.3. The minimum Gasteiger partial charge on any atom is -0.378 e. The number of nitro groups is 1. The van der Waals surface area contributed by atoms with Gasteiger partial charge in [-0.05, 0) is 30.9 Å². The van der Waals surface area contributed by atoms with Crippen molar-refractivity contribution in [3.63, 3.8) is 0 Å². The van der Waals surface area contributed by atoms with Crippen LogP contribution in [0.15, 0.2) is 23.1 Å². The van der Waals surface area contributed by atoms with Crippen molar-refractivity contribution in [1.29, 1.82) is 0 Å². The summed E-state index contributed by atoms with van der Waals surface area (Å²) >= 11 is 0. The van der Waals surface area contributed by atoms with Gasteiger partial charge < -0.3 is 16.4 Å². The second-order valence-electron chi connectivity index (χ2n) is 6.54. The maximum Gasteiger partial charge on any atom is 0.293 e. The quantitative estimate of drug-likeness (QED) is 0.345. The molecule has 1 saturated carbocycles. The molecule has 0 unspecified atom stereocenters. The average Bonchev–Trinajstić information content (AvgIpc) is 2.95. The van der Waals surface area contributed by atoms with Crippen LogP contribution in [-0.2, 0) is 14.6 Å². The molecular weight excluding hydrogens is 360 g/mol. The minimum atomic E-state index is -3.53. The number of amides is 1. The highest BCUT2D eigenvalue weighted by Gasteiger charge is 2.25. The van der Waals surface area contributed by atoms with Gasteiger partial charge in [0, 0.05) is 37.9 Å². The molecule has 1 aliphatic carbocycles. The van der Waals surface area contributed by atoms with E-state index in [-0.39, 0.29) is 40.7 Å². The van der Waals surface area contributed by atoms with Crippen molar-refractivity contribution < 1.29 is 18.1 Å². The monoisotopic (exact) mass is 384 g/mol. The lowest BCUT2D eigenvalue weighted by atomic mass is 10.00. The molecule has 0 aromatic heterocycles. The Morgan fingerprint density at radius 2 is 2.08 bits per heavy atom. The molecule has 1 aliphatic rings. The third-order valence-corrected chi connectivity index (χ3v) is 5.63. The number of carbonyl (C=O) groups is 1. The van der Waals surface area contributed by atoms with Gasteiger partial charge in [0.2, 0.25) is 5.91 Å². The van der Waals surface area contributed by atoms with E-state index in [0.29, 0.717) is 13.0 Å². The zero-order chi connectivity index (χ0) is 19.3. The standard InChI is InChI=1S/C16H24N4O5S/c1-26(24,25)12-5-6-14(15(10-12)20(22)23)18-7-8-19-16(21)9-11-3-2-4-13(11)17/h5-6,10-11,13,18H,2-4,7-9,17H2,1H3,(H,19,21)/t11-,13+/m0/s1. The van der Waals surface area contributed by atoms with Crippen LogP contribution in [0.25, 0.3) is 0 Å². The van der Waals surface area contributed by atoms with Gasteiger partial charge in [-0.2, -0.15) is 0 Å². The van der Waals surface area contributed by atoms with Gasteiger partial charge in [0.1, 0.15) is 5.69 Å². The Bertz CT molecular complexity index is 781. The van der Waals surface area contributed by atoms with Crippen molar-refractivity contribution in [3.05, 3.63) is 28.3 Å². The lowest BCUT2D eigenvalue weighted by Crippen LogP contribution is -2.33. The highest BCUT2D eigenvalue weighted by Crippen LogP contribution is 2.28. The predicted molar refractivity (Wildman–Crippen MR) is 97.6 cm³/mol. The topological polar surface area (TPSA) is 144 Å². The summed E-state index contributed by atoms with van der Waals surface area (Å²) in [7, 11) is -3.53. The van der Waals surface area contributed by atoms with Crippen LogP contribution in [0.5, 0.6) is 0 Å². The number of nitrogens with two attached hydrogens (primary N) is 1. The lowest BCUT2D eigenvalue weighted by molar-refractivity contribution is -0.384. The van der Waals surface area contributed by atoms with E-state index >= 15 is 0 Å². The Kier molecular flexibility index (Phi) is 6.54. The van der Waals surface area contributed by atoms with Crippen LogP contribution >= 0.6 is 0 Å². The van der Waals surface area contributed by atoms with Crippen LogP contribution in [0.3, 0.4) is 0 Å². The van der Waals surface area contributed by atoms with Gasteiger partial charge in [0.15, 0.2) is 9.84 Å². The van der Waals surface area contributed by atoms with Crippen molar-refractivity contribution in [3.8, 4) is 0 Å². The fourth-order valence-electron chi connectivity index (χ4n) is 3.07. The van der Waals surface area contributed by atoms with Gasteiger partial charge in [-0.15, -0.1) is 0 Å². The molecule has 2 atom stereocenters. The van der Waals surface area contributed by atoms with Gasteiger partial charge in [0.25, 0.3) is 5.69 Å². The summed E-state index contributed by atoms with van der Waals surface area (Å²) < 4.78 is 23.0. The number of benzene rings is 1. The van der Waals surface area contributed by atoms with Gasteiger partial charge in [-0.3, -0.25) is 14.9 Å². The fourth-order valence-corrected chi connectivity index (χ4v) is 3.71. The number of hydrogen-bond donors (Lipinski definition) is 3. The number of nitrogens with zero attached hydrogens (tertiary/aromatic N) is 1. The average molecular weight is 384 g/mol. The Morgan fingerprint density at radius 1 is 1.35 bits per heavy atom. The van der Waals surface area contributed by atoms with E-state index in [1.165, 1.54) is 12.1 Å². The fraction of sp³-hybridized carbons (Fsp3) is 0.562. The molecule has 9 nitrogen and oxygen atoms in total. The maximum atomic E-state index is 11.9. The van der Waals surface area contributed by atoms with Crippen molar-refractivity contribution in [2.24, 2.45) is 11.7 Å². The molecule has 1 fully saturated rings. The Labute approximate surface area is 152 Å². The van der Waals surface area contributed by atoms with Crippen LogP contribution in [-0.4, -0.2) is 44.6 Å². The molecule has 0 spiro atoms. The van der Waals surface area contributed by atoms with Crippen molar-refractivity contribution in [2.45, 2.75) is 36.6 Å². The summed E-state index contributed by atoms with van der Waals surface area (Å²) in [5, 5.41) is 16.8. The number of carbonyl (C=O) groups excluding carboxylic acids is 1. The van der Waals surface area contributed by atoms with E-state index in [1.807, 2.05) is 0 Å². The summed E-state index contributed by atoms with van der Waals surface area (Å²) in [5.74, 6) is 0.128. The second kappa shape index (κ2) is 8.45. The molecule has 4 N–H and O–H groups in total. The normalized spacial score (nSPS) is 19.9. The summed E-state index contributed by atoms with van der Waals surface area (Å²) in [5.41, 5.74) is 5.83. The number of nitro benzene ring substituents is 1. The molecule has 0 radical (unpaired) electrons. The first kappa shape index (κ1) is 20.1.